The molecule has 0 saturated heterocycles. The van der Waals surface area contributed by atoms with Gasteiger partial charge in [0.05, 0.1) is 36.1 Å². The average molecular weight is 445 g/mol. The molecule has 0 unspecified atom stereocenters. The summed E-state index contributed by atoms with van der Waals surface area (Å²) < 4.78 is 6.87. The first-order valence-electron chi connectivity index (χ1n) is 10.5. The molecule has 0 aromatic carbocycles. The van der Waals surface area contributed by atoms with E-state index in [1.807, 2.05) is 0 Å². The van der Waals surface area contributed by atoms with Crippen LogP contribution in [0.4, 0.5) is 5.69 Å². The van der Waals surface area contributed by atoms with Gasteiger partial charge in [0.2, 0.25) is 5.88 Å². The van der Waals surface area contributed by atoms with Crippen LogP contribution in [0.3, 0.4) is 0 Å². The molecule has 33 heavy (non-hydrogen) atoms. The summed E-state index contributed by atoms with van der Waals surface area (Å²) in [6, 6.07) is 3.25. The maximum absolute atomic E-state index is 13.3. The lowest BCUT2D eigenvalue weighted by Crippen LogP contribution is -2.22. The van der Waals surface area contributed by atoms with E-state index in [2.05, 4.69) is 54.2 Å². The summed E-state index contributed by atoms with van der Waals surface area (Å²) in [6.45, 7) is 4.13. The van der Waals surface area contributed by atoms with Crippen molar-refractivity contribution in [1.29, 1.82) is 0 Å². The van der Waals surface area contributed by atoms with E-state index in [9.17, 15) is 4.79 Å². The number of ether oxygens (including phenoxy) is 1. The van der Waals surface area contributed by atoms with Gasteiger partial charge in [-0.1, -0.05) is 13.8 Å². The number of hydrogen-bond donors (Lipinski definition) is 3. The number of nitrogens with one attached hydrogen (secondary N) is 3. The number of aromatic nitrogens is 8. The van der Waals surface area contributed by atoms with E-state index in [4.69, 9.17) is 4.74 Å². The second-order valence-corrected chi connectivity index (χ2v) is 8.07. The van der Waals surface area contributed by atoms with Gasteiger partial charge >= 0.3 is 0 Å². The van der Waals surface area contributed by atoms with E-state index in [0.717, 1.165) is 0 Å². The van der Waals surface area contributed by atoms with Crippen LogP contribution in [0.25, 0.3) is 33.5 Å². The van der Waals surface area contributed by atoms with Crippen LogP contribution in [0.1, 0.15) is 25.7 Å². The maximum Gasteiger partial charge on any atom is 0.261 e. The van der Waals surface area contributed by atoms with Crippen molar-refractivity contribution in [2.45, 2.75) is 19.9 Å². The molecule has 5 rings (SSSR count). The molecule has 0 aliphatic rings. The third kappa shape index (κ3) is 3.67. The highest BCUT2D eigenvalue weighted by molar-refractivity contribution is 5.96. The first kappa shape index (κ1) is 20.6. The molecule has 11 nitrogen and oxygen atoms in total. The number of methoxy groups -OCH3 is 1. The summed E-state index contributed by atoms with van der Waals surface area (Å²) in [6.07, 6.45) is 6.77. The summed E-state index contributed by atoms with van der Waals surface area (Å²) in [5, 5.41) is 8.10. The Morgan fingerprint density at radius 1 is 1.12 bits per heavy atom. The Hall–Kier alpha value is -4.28. The highest BCUT2D eigenvalue weighted by Crippen LogP contribution is 2.34. The predicted octanol–water partition coefficient (Wildman–Crippen LogP) is 2.81. The van der Waals surface area contributed by atoms with E-state index < -0.39 is 0 Å². The van der Waals surface area contributed by atoms with E-state index in [-0.39, 0.29) is 17.5 Å². The first-order chi connectivity index (χ1) is 15.9. The summed E-state index contributed by atoms with van der Waals surface area (Å²) in [5.41, 5.74) is 3.15. The SMILES string of the molecule is COc1cc2[nH]c(-c3c(N[C@H](c4ncccn4)C(C)C)c4nn(C)cc4[nH]c3=O)nc2cn1. The van der Waals surface area contributed by atoms with Crippen LogP contribution in [0.2, 0.25) is 0 Å². The van der Waals surface area contributed by atoms with Crippen LogP contribution >= 0.6 is 0 Å². The van der Waals surface area contributed by atoms with Crippen LogP contribution in [0.5, 0.6) is 5.88 Å². The standard InChI is InChI=1S/C22H23N9O2/c1-11(2)17(21-23-6-5-7-24-21)29-19-16(22(32)28-14-10-31(3)30-18(14)19)20-26-12-8-15(33-4)25-9-13(12)27-20/h5-11,17,29H,1-4H3,(H,26,27)(H,28,32)/t17-/m0/s1. The lowest BCUT2D eigenvalue weighted by molar-refractivity contribution is 0.398. The molecule has 0 fully saturated rings. The number of rotatable bonds is 6. The van der Waals surface area contributed by atoms with Crippen LogP contribution < -0.4 is 15.6 Å². The normalized spacial score (nSPS) is 12.5. The fraction of sp³-hybridized carbons (Fsp3) is 0.273. The van der Waals surface area contributed by atoms with Gasteiger partial charge in [-0.15, -0.1) is 0 Å². The lowest BCUT2D eigenvalue weighted by atomic mass is 10.0. The molecule has 0 amide bonds. The van der Waals surface area contributed by atoms with Crippen molar-refractivity contribution in [2.24, 2.45) is 13.0 Å². The molecule has 0 bridgehead atoms. The zero-order valence-corrected chi connectivity index (χ0v) is 18.6. The van der Waals surface area contributed by atoms with Gasteiger partial charge in [-0.05, 0) is 12.0 Å². The molecule has 0 radical (unpaired) electrons. The first-order valence-corrected chi connectivity index (χ1v) is 10.5. The average Bonchev–Trinajstić information content (AvgIpc) is 3.38. The minimum absolute atomic E-state index is 0.127. The van der Waals surface area contributed by atoms with Crippen LogP contribution in [0, 0.1) is 5.92 Å². The summed E-state index contributed by atoms with van der Waals surface area (Å²) >= 11 is 0. The Morgan fingerprint density at radius 3 is 2.64 bits per heavy atom. The number of nitrogens with zero attached hydrogens (tertiary/aromatic N) is 6. The Labute approximate surface area is 188 Å². The van der Waals surface area contributed by atoms with E-state index in [0.29, 0.717) is 50.8 Å². The Morgan fingerprint density at radius 2 is 1.91 bits per heavy atom. The highest BCUT2D eigenvalue weighted by Gasteiger charge is 2.25. The molecule has 1 atom stereocenters. The molecule has 11 heteroatoms. The second-order valence-electron chi connectivity index (χ2n) is 8.07. The number of H-pyrrole nitrogens is 2. The van der Waals surface area contributed by atoms with Gasteiger partial charge in [0.15, 0.2) is 5.82 Å². The van der Waals surface area contributed by atoms with Crippen molar-refractivity contribution < 1.29 is 4.74 Å². The zero-order chi connectivity index (χ0) is 23.1. The molecule has 0 saturated carbocycles. The number of aromatic amines is 2. The molecule has 5 heterocycles. The molecule has 3 N–H and O–H groups in total. The Balaban J connectivity index is 1.73. The van der Waals surface area contributed by atoms with Crippen molar-refractivity contribution in [3.8, 4) is 17.3 Å². The van der Waals surface area contributed by atoms with Crippen molar-refractivity contribution in [1.82, 2.24) is 39.7 Å². The van der Waals surface area contributed by atoms with Crippen LogP contribution in [0.15, 0.2) is 41.7 Å². The summed E-state index contributed by atoms with van der Waals surface area (Å²) in [7, 11) is 3.35. The third-order valence-corrected chi connectivity index (χ3v) is 5.41. The smallest absolute Gasteiger partial charge is 0.261 e. The van der Waals surface area contributed by atoms with E-state index >= 15 is 0 Å². The Kier molecular flexibility index (Phi) is 5.00. The monoisotopic (exact) mass is 445 g/mol. The Bertz CT molecular complexity index is 1500. The minimum Gasteiger partial charge on any atom is -0.481 e. The highest BCUT2D eigenvalue weighted by atomic mass is 16.5. The van der Waals surface area contributed by atoms with Crippen LogP contribution in [-0.4, -0.2) is 46.8 Å². The molecule has 0 spiro atoms. The summed E-state index contributed by atoms with van der Waals surface area (Å²) in [4.78, 5) is 37.1. The molecule has 0 aliphatic heterocycles. The lowest BCUT2D eigenvalue weighted by Gasteiger charge is -2.23. The fourth-order valence-corrected chi connectivity index (χ4v) is 3.83. The molecule has 5 aromatic heterocycles. The number of aryl methyl sites for hydroxylation is 1. The van der Waals surface area contributed by atoms with Gasteiger partial charge in [0.1, 0.15) is 22.4 Å². The van der Waals surface area contributed by atoms with Gasteiger partial charge in [-0.2, -0.15) is 5.10 Å². The van der Waals surface area contributed by atoms with Crippen molar-refractivity contribution >= 4 is 27.8 Å². The molecule has 168 valence electrons. The van der Waals surface area contributed by atoms with Gasteiger partial charge in [0.25, 0.3) is 5.56 Å². The number of imidazole rings is 1. The zero-order valence-electron chi connectivity index (χ0n) is 18.6. The molecular weight excluding hydrogens is 422 g/mol. The largest absolute Gasteiger partial charge is 0.481 e. The summed E-state index contributed by atoms with van der Waals surface area (Å²) in [5.74, 6) is 1.60. The minimum atomic E-state index is -0.298. The van der Waals surface area contributed by atoms with Gasteiger partial charge in [-0.25, -0.2) is 19.9 Å². The van der Waals surface area contributed by atoms with E-state index in [1.54, 1.807) is 55.8 Å². The van der Waals surface area contributed by atoms with Gasteiger partial charge in [0, 0.05) is 31.7 Å². The van der Waals surface area contributed by atoms with Crippen molar-refractivity contribution in [3.05, 3.63) is 53.1 Å². The van der Waals surface area contributed by atoms with Gasteiger partial charge in [-0.3, -0.25) is 9.48 Å². The fourth-order valence-electron chi connectivity index (χ4n) is 3.83. The van der Waals surface area contributed by atoms with E-state index in [1.165, 1.54) is 0 Å². The predicted molar refractivity (Wildman–Crippen MR) is 124 cm³/mol. The number of anilines is 1. The molecule has 5 aromatic rings. The van der Waals surface area contributed by atoms with Crippen LogP contribution in [-0.2, 0) is 7.05 Å². The maximum atomic E-state index is 13.3. The second kappa shape index (κ2) is 8.01. The quantitative estimate of drug-likeness (QED) is 0.363. The third-order valence-electron chi connectivity index (χ3n) is 5.41. The topological polar surface area (TPSA) is 139 Å². The number of hydrogen-bond acceptors (Lipinski definition) is 8. The van der Waals surface area contributed by atoms with Crippen molar-refractivity contribution in [2.75, 3.05) is 12.4 Å². The molecule has 0 aliphatic carbocycles. The molecular formula is C22H23N9O2. The number of pyridine rings is 2. The van der Waals surface area contributed by atoms with Gasteiger partial charge < -0.3 is 20.0 Å². The van der Waals surface area contributed by atoms with Crippen molar-refractivity contribution in [3.63, 3.8) is 0 Å². The number of fused-ring (bicyclic) bond motifs is 2.